The van der Waals surface area contributed by atoms with Crippen molar-refractivity contribution in [3.8, 4) is 0 Å². The summed E-state index contributed by atoms with van der Waals surface area (Å²) in [6.07, 6.45) is 1.00. The molecule has 0 saturated carbocycles. The van der Waals surface area contributed by atoms with Crippen molar-refractivity contribution in [2.24, 2.45) is 13.0 Å². The third-order valence-corrected chi connectivity index (χ3v) is 4.64. The van der Waals surface area contributed by atoms with E-state index in [1.54, 1.807) is 6.07 Å². The maximum atomic E-state index is 13.3. The number of carbonyl (C=O) groups excluding carboxylic acids is 1. The van der Waals surface area contributed by atoms with Crippen molar-refractivity contribution < 1.29 is 9.18 Å². The van der Waals surface area contributed by atoms with Crippen LogP contribution in [0, 0.1) is 25.6 Å². The van der Waals surface area contributed by atoms with Crippen LogP contribution in [0.2, 0.25) is 0 Å². The van der Waals surface area contributed by atoms with Crippen LogP contribution in [0.25, 0.3) is 0 Å². The largest absolute Gasteiger partial charge is 0.293 e. The second kappa shape index (κ2) is 7.69. The van der Waals surface area contributed by atoms with Gasteiger partial charge in [0.25, 0.3) is 0 Å². The van der Waals surface area contributed by atoms with Crippen molar-refractivity contribution in [1.29, 1.82) is 0 Å². The number of benzene rings is 1. The van der Waals surface area contributed by atoms with E-state index in [-0.39, 0.29) is 23.6 Å². The van der Waals surface area contributed by atoms with E-state index in [4.69, 9.17) is 0 Å². The Kier molecular flexibility index (Phi) is 5.34. The fourth-order valence-electron chi connectivity index (χ4n) is 3.02. The van der Waals surface area contributed by atoms with Crippen molar-refractivity contribution in [2.75, 3.05) is 5.32 Å². The third kappa shape index (κ3) is 4.39. The molecular formula is C19H23FN6O. The molecule has 0 aliphatic carbocycles. The number of halogens is 1. The van der Waals surface area contributed by atoms with Crippen molar-refractivity contribution in [2.45, 2.75) is 33.6 Å². The van der Waals surface area contributed by atoms with E-state index in [2.05, 4.69) is 25.6 Å². The molecule has 1 aromatic carbocycles. The number of anilines is 1. The molecule has 0 fully saturated rings. The van der Waals surface area contributed by atoms with Crippen molar-refractivity contribution >= 4 is 11.9 Å². The molecule has 1 atom stereocenters. The summed E-state index contributed by atoms with van der Waals surface area (Å²) in [6, 6.07) is 6.29. The number of aromatic nitrogens is 5. The number of aryl methyl sites for hydroxylation is 2. The van der Waals surface area contributed by atoms with Crippen LogP contribution in [-0.4, -0.2) is 30.9 Å². The first-order chi connectivity index (χ1) is 12.8. The zero-order valence-corrected chi connectivity index (χ0v) is 15.9. The summed E-state index contributed by atoms with van der Waals surface area (Å²) in [5.74, 6) is 0.0708. The second-order valence-corrected chi connectivity index (χ2v) is 6.78. The normalized spacial score (nSPS) is 12.2. The van der Waals surface area contributed by atoms with Crippen LogP contribution in [0.5, 0.6) is 0 Å². The smallest absolute Gasteiger partial charge is 0.248 e. The van der Waals surface area contributed by atoms with Crippen LogP contribution in [0.3, 0.4) is 0 Å². The number of nitrogens with one attached hydrogen (secondary N) is 2. The molecule has 2 N–H and O–H groups in total. The number of nitrogens with zero attached hydrogens (tertiary/aromatic N) is 4. The molecule has 2 aromatic heterocycles. The first-order valence-electron chi connectivity index (χ1n) is 8.79. The number of aromatic amines is 1. The minimum absolute atomic E-state index is 0.158. The Morgan fingerprint density at radius 1 is 1.37 bits per heavy atom. The number of amides is 1. The lowest BCUT2D eigenvalue weighted by Crippen LogP contribution is -2.23. The molecule has 0 aliphatic heterocycles. The molecule has 2 heterocycles. The fourth-order valence-corrected chi connectivity index (χ4v) is 3.02. The molecule has 0 saturated heterocycles. The number of rotatable bonds is 6. The van der Waals surface area contributed by atoms with Gasteiger partial charge in [-0.3, -0.25) is 19.9 Å². The number of hydrogen-bond acceptors (Lipinski definition) is 4. The SMILES string of the molecule is Cc1nn(C)c(C)c1CC(C)C(=O)Nc1n[nH]c(Cc2cccc(F)c2)n1. The highest BCUT2D eigenvalue weighted by Crippen LogP contribution is 2.18. The summed E-state index contributed by atoms with van der Waals surface area (Å²) in [7, 11) is 1.89. The quantitative estimate of drug-likeness (QED) is 0.698. The molecule has 0 aliphatic rings. The second-order valence-electron chi connectivity index (χ2n) is 6.78. The zero-order chi connectivity index (χ0) is 19.6. The summed E-state index contributed by atoms with van der Waals surface area (Å²) < 4.78 is 15.1. The van der Waals surface area contributed by atoms with Gasteiger partial charge in [-0.15, -0.1) is 5.10 Å². The Hall–Kier alpha value is -3.03. The first kappa shape index (κ1) is 18.8. The van der Waals surface area contributed by atoms with Crippen LogP contribution in [0.4, 0.5) is 10.3 Å². The summed E-state index contributed by atoms with van der Waals surface area (Å²) in [5.41, 5.74) is 3.86. The van der Waals surface area contributed by atoms with Gasteiger partial charge < -0.3 is 0 Å². The van der Waals surface area contributed by atoms with Gasteiger partial charge in [-0.2, -0.15) is 10.1 Å². The van der Waals surface area contributed by atoms with E-state index in [0.29, 0.717) is 18.7 Å². The summed E-state index contributed by atoms with van der Waals surface area (Å²) in [6.45, 7) is 5.80. The van der Waals surface area contributed by atoms with E-state index in [9.17, 15) is 9.18 Å². The Morgan fingerprint density at radius 3 is 2.81 bits per heavy atom. The lowest BCUT2D eigenvalue weighted by atomic mass is 9.99. The standard InChI is InChI=1S/C19H23FN6O/c1-11(8-16-12(2)25-26(4)13(16)3)18(27)22-19-21-17(23-24-19)10-14-6-5-7-15(20)9-14/h5-7,9,11H,8,10H2,1-4H3,(H2,21,22,23,24,27). The van der Waals surface area contributed by atoms with E-state index in [0.717, 1.165) is 22.5 Å². The Labute approximate surface area is 157 Å². The van der Waals surface area contributed by atoms with Crippen molar-refractivity contribution in [3.05, 3.63) is 58.4 Å². The molecule has 0 radical (unpaired) electrons. The predicted molar refractivity (Wildman–Crippen MR) is 99.8 cm³/mol. The Balaban J connectivity index is 1.61. The van der Waals surface area contributed by atoms with Gasteiger partial charge in [-0.1, -0.05) is 19.1 Å². The molecule has 7 nitrogen and oxygen atoms in total. The van der Waals surface area contributed by atoms with Gasteiger partial charge in [0, 0.05) is 25.1 Å². The van der Waals surface area contributed by atoms with Crippen LogP contribution in [0.1, 0.15) is 35.3 Å². The van der Waals surface area contributed by atoms with Crippen LogP contribution in [0.15, 0.2) is 24.3 Å². The van der Waals surface area contributed by atoms with E-state index in [1.165, 1.54) is 12.1 Å². The average Bonchev–Trinajstić information content (AvgIpc) is 3.14. The molecule has 3 rings (SSSR count). The van der Waals surface area contributed by atoms with Crippen molar-refractivity contribution in [1.82, 2.24) is 25.0 Å². The number of H-pyrrole nitrogens is 1. The van der Waals surface area contributed by atoms with E-state index >= 15 is 0 Å². The van der Waals surface area contributed by atoms with Gasteiger partial charge in [-0.05, 0) is 43.5 Å². The molecule has 27 heavy (non-hydrogen) atoms. The molecule has 8 heteroatoms. The molecule has 0 spiro atoms. The van der Waals surface area contributed by atoms with Crippen LogP contribution >= 0.6 is 0 Å². The average molecular weight is 370 g/mol. The minimum atomic E-state index is -0.296. The van der Waals surface area contributed by atoms with Gasteiger partial charge in [0.15, 0.2) is 0 Å². The molecule has 0 bridgehead atoms. The minimum Gasteiger partial charge on any atom is -0.293 e. The van der Waals surface area contributed by atoms with Gasteiger partial charge >= 0.3 is 0 Å². The van der Waals surface area contributed by atoms with Crippen LogP contribution < -0.4 is 5.32 Å². The summed E-state index contributed by atoms with van der Waals surface area (Å²) >= 11 is 0. The highest BCUT2D eigenvalue weighted by atomic mass is 19.1. The maximum Gasteiger partial charge on any atom is 0.248 e. The maximum absolute atomic E-state index is 13.3. The topological polar surface area (TPSA) is 88.5 Å². The molecule has 1 unspecified atom stereocenters. The Morgan fingerprint density at radius 2 is 2.15 bits per heavy atom. The zero-order valence-electron chi connectivity index (χ0n) is 15.9. The van der Waals surface area contributed by atoms with Gasteiger partial charge in [0.05, 0.1) is 5.69 Å². The molecule has 1 amide bonds. The highest BCUT2D eigenvalue weighted by molar-refractivity contribution is 5.90. The van der Waals surface area contributed by atoms with Crippen LogP contribution in [-0.2, 0) is 24.7 Å². The van der Waals surface area contributed by atoms with Gasteiger partial charge in [0.2, 0.25) is 11.9 Å². The molecule has 142 valence electrons. The van der Waals surface area contributed by atoms with Gasteiger partial charge in [0.1, 0.15) is 11.6 Å². The fraction of sp³-hybridized carbons (Fsp3) is 0.368. The molecular weight excluding hydrogens is 347 g/mol. The number of hydrogen-bond donors (Lipinski definition) is 2. The first-order valence-corrected chi connectivity index (χ1v) is 8.79. The highest BCUT2D eigenvalue weighted by Gasteiger charge is 2.19. The molecule has 3 aromatic rings. The summed E-state index contributed by atoms with van der Waals surface area (Å²) in [4.78, 5) is 16.7. The predicted octanol–water partition coefficient (Wildman–Crippen LogP) is 2.70. The van der Waals surface area contributed by atoms with E-state index < -0.39 is 0 Å². The monoisotopic (exact) mass is 370 g/mol. The van der Waals surface area contributed by atoms with E-state index in [1.807, 2.05) is 38.6 Å². The summed E-state index contributed by atoms with van der Waals surface area (Å²) in [5, 5.41) is 13.9. The lowest BCUT2D eigenvalue weighted by Gasteiger charge is -2.10. The van der Waals surface area contributed by atoms with Crippen molar-refractivity contribution in [3.63, 3.8) is 0 Å². The number of carbonyl (C=O) groups is 1. The Bertz CT molecular complexity index is 961. The third-order valence-electron chi connectivity index (χ3n) is 4.64. The lowest BCUT2D eigenvalue weighted by molar-refractivity contribution is -0.119. The van der Waals surface area contributed by atoms with Gasteiger partial charge in [-0.25, -0.2) is 4.39 Å².